The number of methoxy groups -OCH3 is 2. The summed E-state index contributed by atoms with van der Waals surface area (Å²) in [4.78, 5) is 8.38. The molecule has 0 aliphatic rings. The summed E-state index contributed by atoms with van der Waals surface area (Å²) in [6.45, 7) is 0. The van der Waals surface area contributed by atoms with Gasteiger partial charge in [-0.25, -0.2) is 9.97 Å². The Hall–Kier alpha value is -1.46. The summed E-state index contributed by atoms with van der Waals surface area (Å²) in [5, 5.41) is 0.568. The van der Waals surface area contributed by atoms with E-state index in [2.05, 4.69) is 9.97 Å². The molecule has 7 heteroatoms. The molecule has 2 aromatic rings. The number of nitrogens with two attached hydrogens (primary N) is 1. The normalized spacial score (nSPS) is 10.6. The molecular weight excluding hydrogens is 265 g/mol. The molecule has 0 amide bonds. The van der Waals surface area contributed by atoms with Crippen LogP contribution in [-0.2, 0) is 0 Å². The molecular formula is C10H9Cl2N3O2. The number of hydrogen-bond acceptors (Lipinski definition) is 5. The molecule has 2 N–H and O–H groups in total. The van der Waals surface area contributed by atoms with E-state index in [1.807, 2.05) is 0 Å². The highest BCUT2D eigenvalue weighted by atomic mass is 35.5. The van der Waals surface area contributed by atoms with Gasteiger partial charge in [-0.15, -0.1) is 0 Å². The molecule has 90 valence electrons. The van der Waals surface area contributed by atoms with Crippen molar-refractivity contribution in [2.75, 3.05) is 20.0 Å². The maximum Gasteiger partial charge on any atom is 0.278 e. The lowest BCUT2D eigenvalue weighted by Crippen LogP contribution is -2.00. The summed E-state index contributed by atoms with van der Waals surface area (Å²) in [5.74, 6) is 0.503. The maximum absolute atomic E-state index is 5.93. The van der Waals surface area contributed by atoms with Crippen molar-refractivity contribution in [1.82, 2.24) is 9.97 Å². The van der Waals surface area contributed by atoms with Crippen molar-refractivity contribution in [3.8, 4) is 11.8 Å². The van der Waals surface area contributed by atoms with Crippen LogP contribution in [0.25, 0.3) is 11.0 Å². The van der Waals surface area contributed by atoms with Crippen LogP contribution in [0, 0.1) is 0 Å². The lowest BCUT2D eigenvalue weighted by atomic mass is 10.2. The summed E-state index contributed by atoms with van der Waals surface area (Å²) in [6.07, 6.45) is 0. The predicted octanol–water partition coefficient (Wildman–Crippen LogP) is 2.54. The van der Waals surface area contributed by atoms with E-state index < -0.39 is 0 Å². The first-order valence-electron chi connectivity index (χ1n) is 4.61. The second kappa shape index (κ2) is 4.43. The highest BCUT2D eigenvalue weighted by Crippen LogP contribution is 2.36. The second-order valence-corrected chi connectivity index (χ2v) is 3.98. The highest BCUT2D eigenvalue weighted by Gasteiger charge is 2.15. The van der Waals surface area contributed by atoms with Crippen molar-refractivity contribution in [1.29, 1.82) is 0 Å². The molecule has 17 heavy (non-hydrogen) atoms. The van der Waals surface area contributed by atoms with Gasteiger partial charge in [-0.1, -0.05) is 23.2 Å². The van der Waals surface area contributed by atoms with E-state index in [9.17, 15) is 0 Å². The fourth-order valence-electron chi connectivity index (χ4n) is 1.40. The minimum atomic E-state index is 0.241. The van der Waals surface area contributed by atoms with Crippen molar-refractivity contribution in [2.45, 2.75) is 0 Å². The van der Waals surface area contributed by atoms with Gasteiger partial charge < -0.3 is 15.2 Å². The molecule has 5 nitrogen and oxygen atoms in total. The monoisotopic (exact) mass is 273 g/mol. The lowest BCUT2D eigenvalue weighted by molar-refractivity contribution is 0.334. The average Bonchev–Trinajstić information content (AvgIpc) is 2.34. The number of fused-ring (bicyclic) bond motifs is 1. The number of nitrogen functional groups attached to an aromatic ring is 1. The van der Waals surface area contributed by atoms with Crippen LogP contribution in [0.4, 0.5) is 5.69 Å². The van der Waals surface area contributed by atoms with Crippen molar-refractivity contribution in [3.05, 3.63) is 16.1 Å². The zero-order valence-corrected chi connectivity index (χ0v) is 10.6. The van der Waals surface area contributed by atoms with Gasteiger partial charge in [0.1, 0.15) is 5.52 Å². The van der Waals surface area contributed by atoms with Gasteiger partial charge in [0, 0.05) is 0 Å². The summed E-state index contributed by atoms with van der Waals surface area (Å²) >= 11 is 11.8. The summed E-state index contributed by atoms with van der Waals surface area (Å²) in [7, 11) is 2.94. The van der Waals surface area contributed by atoms with Gasteiger partial charge in [-0.05, 0) is 6.07 Å². The number of aromatic nitrogens is 2. The number of nitrogens with zero attached hydrogens (tertiary/aromatic N) is 2. The molecule has 1 aromatic heterocycles. The Morgan fingerprint density at radius 2 is 1.71 bits per heavy atom. The molecule has 0 fully saturated rings. The molecule has 0 radical (unpaired) electrons. The average molecular weight is 274 g/mol. The lowest BCUT2D eigenvalue weighted by Gasteiger charge is -2.09. The minimum Gasteiger partial charge on any atom is -0.477 e. The van der Waals surface area contributed by atoms with E-state index in [1.165, 1.54) is 14.2 Å². The largest absolute Gasteiger partial charge is 0.477 e. The fourth-order valence-corrected chi connectivity index (χ4v) is 1.75. The molecule has 1 heterocycles. The molecule has 0 saturated heterocycles. The number of rotatable bonds is 2. The quantitative estimate of drug-likeness (QED) is 0.852. The third-order valence-electron chi connectivity index (χ3n) is 2.21. The number of anilines is 1. The second-order valence-electron chi connectivity index (χ2n) is 3.20. The first-order valence-corrected chi connectivity index (χ1v) is 5.37. The van der Waals surface area contributed by atoms with E-state index in [0.29, 0.717) is 16.1 Å². The van der Waals surface area contributed by atoms with E-state index >= 15 is 0 Å². The highest BCUT2D eigenvalue weighted by molar-refractivity contribution is 6.44. The SMILES string of the molecule is COc1nc2cc(Cl)c(Cl)c(N)c2nc1OC. The Morgan fingerprint density at radius 3 is 2.29 bits per heavy atom. The summed E-state index contributed by atoms with van der Waals surface area (Å²) in [5.41, 5.74) is 7.01. The van der Waals surface area contributed by atoms with Crippen LogP contribution in [0.5, 0.6) is 11.8 Å². The Kier molecular flexibility index (Phi) is 3.13. The molecule has 0 bridgehead atoms. The van der Waals surface area contributed by atoms with Crippen LogP contribution in [-0.4, -0.2) is 24.2 Å². The van der Waals surface area contributed by atoms with E-state index in [-0.39, 0.29) is 22.5 Å². The van der Waals surface area contributed by atoms with Gasteiger partial charge in [-0.2, -0.15) is 0 Å². The van der Waals surface area contributed by atoms with Gasteiger partial charge in [0.15, 0.2) is 0 Å². The molecule has 0 spiro atoms. The molecule has 0 atom stereocenters. The first-order chi connectivity index (χ1) is 8.08. The molecule has 0 unspecified atom stereocenters. The number of hydrogen-bond donors (Lipinski definition) is 1. The standard InChI is InChI=1S/C10H9Cl2N3O2/c1-16-9-10(17-2)15-8-5(14-9)3-4(11)6(12)7(8)13/h3H,13H2,1-2H3. The van der Waals surface area contributed by atoms with Crippen LogP contribution in [0.15, 0.2) is 6.07 Å². The molecule has 0 aliphatic heterocycles. The summed E-state index contributed by atoms with van der Waals surface area (Å²) in [6, 6.07) is 1.57. The number of benzene rings is 1. The zero-order chi connectivity index (χ0) is 12.6. The first kappa shape index (κ1) is 12.0. The summed E-state index contributed by atoms with van der Waals surface area (Å²) < 4.78 is 10.1. The topological polar surface area (TPSA) is 70.3 Å². The number of halogens is 2. The fraction of sp³-hybridized carbons (Fsp3) is 0.200. The van der Waals surface area contributed by atoms with Gasteiger partial charge in [-0.3, -0.25) is 0 Å². The van der Waals surface area contributed by atoms with Gasteiger partial charge >= 0.3 is 0 Å². The van der Waals surface area contributed by atoms with E-state index in [0.717, 1.165) is 0 Å². The Balaban J connectivity index is 2.83. The molecule has 0 aliphatic carbocycles. The third-order valence-corrected chi connectivity index (χ3v) is 3.01. The number of ether oxygens (including phenoxy) is 2. The van der Waals surface area contributed by atoms with Crippen LogP contribution >= 0.6 is 23.2 Å². The van der Waals surface area contributed by atoms with Gasteiger partial charge in [0.2, 0.25) is 0 Å². The van der Waals surface area contributed by atoms with Crippen LogP contribution < -0.4 is 15.2 Å². The third kappa shape index (κ3) is 1.92. The van der Waals surface area contributed by atoms with Crippen molar-refractivity contribution < 1.29 is 9.47 Å². The Labute approximate surface area is 107 Å². The van der Waals surface area contributed by atoms with E-state index in [1.54, 1.807) is 6.07 Å². The van der Waals surface area contributed by atoms with Crippen LogP contribution in [0.1, 0.15) is 0 Å². The van der Waals surface area contributed by atoms with Crippen LogP contribution in [0.2, 0.25) is 10.0 Å². The molecule has 0 saturated carbocycles. The van der Waals surface area contributed by atoms with Crippen molar-refractivity contribution in [2.24, 2.45) is 0 Å². The smallest absolute Gasteiger partial charge is 0.278 e. The predicted molar refractivity (Wildman–Crippen MR) is 67.1 cm³/mol. The van der Waals surface area contributed by atoms with Crippen molar-refractivity contribution in [3.63, 3.8) is 0 Å². The van der Waals surface area contributed by atoms with Crippen molar-refractivity contribution >= 4 is 39.9 Å². The van der Waals surface area contributed by atoms with E-state index in [4.69, 9.17) is 38.4 Å². The Morgan fingerprint density at radius 1 is 1.12 bits per heavy atom. The zero-order valence-electron chi connectivity index (χ0n) is 9.12. The Bertz CT molecular complexity index is 590. The minimum absolute atomic E-state index is 0.241. The van der Waals surface area contributed by atoms with Crippen LogP contribution in [0.3, 0.4) is 0 Å². The molecule has 1 aromatic carbocycles. The van der Waals surface area contributed by atoms with Gasteiger partial charge in [0.25, 0.3) is 11.8 Å². The van der Waals surface area contributed by atoms with Gasteiger partial charge in [0.05, 0.1) is 35.5 Å². The maximum atomic E-state index is 5.93. The molecule has 2 rings (SSSR count).